The van der Waals surface area contributed by atoms with Crippen LogP contribution in [-0.2, 0) is 10.0 Å². The molecule has 2 unspecified atom stereocenters. The average molecular weight is 264 g/mol. The van der Waals surface area contributed by atoms with E-state index in [9.17, 15) is 8.42 Å². The molecule has 0 bridgehead atoms. The molecule has 1 aliphatic carbocycles. The molecule has 1 saturated carbocycles. The Labute approximate surface area is 108 Å². The van der Waals surface area contributed by atoms with Crippen LogP contribution in [0.4, 0.5) is 0 Å². The first-order valence-corrected chi connectivity index (χ1v) is 7.36. The predicted octanol–water partition coefficient (Wildman–Crippen LogP) is 1.83. The molecule has 0 N–H and O–H groups in total. The largest absolute Gasteiger partial charge is 0.244 e. The van der Waals surface area contributed by atoms with E-state index in [0.29, 0.717) is 18.4 Å². The van der Waals surface area contributed by atoms with Gasteiger partial charge in [0.1, 0.15) is 6.07 Å². The summed E-state index contributed by atoms with van der Waals surface area (Å²) >= 11 is 0. The summed E-state index contributed by atoms with van der Waals surface area (Å²) in [7, 11) is -1.97. The molecular weight excluding hydrogens is 248 g/mol. The van der Waals surface area contributed by atoms with Gasteiger partial charge in [-0.1, -0.05) is 19.1 Å². The molecule has 0 amide bonds. The summed E-state index contributed by atoms with van der Waals surface area (Å²) in [5.74, 6) is 1.06. The fourth-order valence-corrected chi connectivity index (χ4v) is 3.40. The maximum Gasteiger partial charge on any atom is 0.244 e. The minimum Gasteiger partial charge on any atom is -0.207 e. The fraction of sp³-hybridized carbons (Fsp3) is 0.462. The minimum atomic E-state index is -3.55. The summed E-state index contributed by atoms with van der Waals surface area (Å²) in [6, 6.07) is 8.25. The third-order valence-corrected chi connectivity index (χ3v) is 5.35. The highest BCUT2D eigenvalue weighted by molar-refractivity contribution is 7.89. The van der Waals surface area contributed by atoms with Crippen LogP contribution in [0.25, 0.3) is 0 Å². The molecule has 0 radical (unpaired) electrons. The van der Waals surface area contributed by atoms with E-state index in [0.717, 1.165) is 6.42 Å². The monoisotopic (exact) mass is 264 g/mol. The molecule has 96 valence electrons. The molecule has 2 atom stereocenters. The van der Waals surface area contributed by atoms with Gasteiger partial charge < -0.3 is 0 Å². The summed E-state index contributed by atoms with van der Waals surface area (Å²) in [6.45, 7) is 2.65. The summed E-state index contributed by atoms with van der Waals surface area (Å²) in [5.41, 5.74) is 0.202. The highest BCUT2D eigenvalue weighted by Crippen LogP contribution is 2.38. The number of hydrogen-bond donors (Lipinski definition) is 0. The molecule has 2 rings (SSSR count). The smallest absolute Gasteiger partial charge is 0.207 e. The summed E-state index contributed by atoms with van der Waals surface area (Å²) in [4.78, 5) is 0.100. The molecule has 1 aliphatic rings. The van der Waals surface area contributed by atoms with E-state index in [1.807, 2.05) is 6.07 Å². The van der Waals surface area contributed by atoms with Gasteiger partial charge in [-0.05, 0) is 30.4 Å². The third kappa shape index (κ3) is 2.40. The van der Waals surface area contributed by atoms with Crippen LogP contribution in [0.15, 0.2) is 29.2 Å². The van der Waals surface area contributed by atoms with Crippen molar-refractivity contribution in [3.63, 3.8) is 0 Å². The van der Waals surface area contributed by atoms with Crippen LogP contribution >= 0.6 is 0 Å². The van der Waals surface area contributed by atoms with Crippen molar-refractivity contribution in [3.8, 4) is 6.07 Å². The molecule has 1 aromatic carbocycles. The lowest BCUT2D eigenvalue weighted by molar-refractivity contribution is 0.444. The number of benzene rings is 1. The van der Waals surface area contributed by atoms with Crippen LogP contribution in [0, 0.1) is 23.2 Å². The molecule has 0 saturated heterocycles. The van der Waals surface area contributed by atoms with Gasteiger partial charge in [0, 0.05) is 13.6 Å². The summed E-state index contributed by atoms with van der Waals surface area (Å²) in [6.07, 6.45) is 1.08. The van der Waals surface area contributed by atoms with Crippen LogP contribution < -0.4 is 0 Å². The van der Waals surface area contributed by atoms with Crippen LogP contribution in [0.5, 0.6) is 0 Å². The summed E-state index contributed by atoms with van der Waals surface area (Å²) < 4.78 is 26.1. The maximum absolute atomic E-state index is 12.4. The zero-order valence-electron chi connectivity index (χ0n) is 10.5. The molecule has 0 heterocycles. The molecule has 0 aliphatic heterocycles. The van der Waals surface area contributed by atoms with Gasteiger partial charge in [0.15, 0.2) is 0 Å². The van der Waals surface area contributed by atoms with E-state index in [4.69, 9.17) is 5.26 Å². The van der Waals surface area contributed by atoms with Gasteiger partial charge in [-0.15, -0.1) is 0 Å². The number of hydrogen-bond acceptors (Lipinski definition) is 3. The van der Waals surface area contributed by atoms with Gasteiger partial charge in [0.25, 0.3) is 0 Å². The minimum absolute atomic E-state index is 0.100. The van der Waals surface area contributed by atoms with E-state index in [2.05, 4.69) is 6.92 Å². The number of nitriles is 1. The van der Waals surface area contributed by atoms with Gasteiger partial charge in [-0.3, -0.25) is 0 Å². The first-order chi connectivity index (χ1) is 8.46. The highest BCUT2D eigenvalue weighted by atomic mass is 32.2. The van der Waals surface area contributed by atoms with E-state index >= 15 is 0 Å². The zero-order chi connectivity index (χ0) is 13.3. The van der Waals surface area contributed by atoms with E-state index < -0.39 is 10.0 Å². The Hall–Kier alpha value is -1.38. The summed E-state index contributed by atoms with van der Waals surface area (Å²) in [5, 5.41) is 8.97. The molecular formula is C13H16N2O2S. The molecule has 1 fully saturated rings. The molecule has 0 spiro atoms. The maximum atomic E-state index is 12.4. The fourth-order valence-electron chi connectivity index (χ4n) is 2.03. The van der Waals surface area contributed by atoms with Crippen LogP contribution in [-0.4, -0.2) is 26.3 Å². The Morgan fingerprint density at radius 1 is 1.44 bits per heavy atom. The first kappa shape index (κ1) is 13.1. The van der Waals surface area contributed by atoms with E-state index in [1.54, 1.807) is 19.2 Å². The second kappa shape index (κ2) is 4.71. The topological polar surface area (TPSA) is 61.2 Å². The van der Waals surface area contributed by atoms with Crippen LogP contribution in [0.3, 0.4) is 0 Å². The van der Waals surface area contributed by atoms with Gasteiger partial charge in [-0.25, -0.2) is 12.7 Å². The Morgan fingerprint density at radius 2 is 2.06 bits per heavy atom. The lowest BCUT2D eigenvalue weighted by atomic mass is 10.2. The quantitative estimate of drug-likeness (QED) is 0.833. The Kier molecular flexibility index (Phi) is 3.42. The van der Waals surface area contributed by atoms with Gasteiger partial charge in [0.2, 0.25) is 10.0 Å². The van der Waals surface area contributed by atoms with E-state index in [1.165, 1.54) is 16.4 Å². The van der Waals surface area contributed by atoms with Crippen LogP contribution in [0.1, 0.15) is 18.9 Å². The Morgan fingerprint density at radius 3 is 2.61 bits per heavy atom. The number of sulfonamides is 1. The SMILES string of the molecule is CC1CC1CN(C)S(=O)(=O)c1ccccc1C#N. The van der Waals surface area contributed by atoms with Crippen molar-refractivity contribution in [2.75, 3.05) is 13.6 Å². The molecule has 18 heavy (non-hydrogen) atoms. The van der Waals surface area contributed by atoms with Crippen molar-refractivity contribution in [1.82, 2.24) is 4.31 Å². The van der Waals surface area contributed by atoms with Crippen molar-refractivity contribution in [2.45, 2.75) is 18.2 Å². The molecule has 4 nitrogen and oxygen atoms in total. The lowest BCUT2D eigenvalue weighted by Crippen LogP contribution is -2.29. The molecule has 1 aromatic rings. The van der Waals surface area contributed by atoms with Crippen molar-refractivity contribution < 1.29 is 8.42 Å². The molecule has 5 heteroatoms. The molecule has 0 aromatic heterocycles. The second-order valence-corrected chi connectivity index (χ2v) is 6.88. The van der Waals surface area contributed by atoms with Gasteiger partial charge in [-0.2, -0.15) is 5.26 Å². The van der Waals surface area contributed by atoms with E-state index in [-0.39, 0.29) is 10.5 Å². The Balaban J connectivity index is 2.27. The predicted molar refractivity (Wildman–Crippen MR) is 68.2 cm³/mol. The third-order valence-electron chi connectivity index (χ3n) is 3.46. The van der Waals surface area contributed by atoms with Crippen molar-refractivity contribution in [3.05, 3.63) is 29.8 Å². The normalized spacial score (nSPS) is 22.8. The first-order valence-electron chi connectivity index (χ1n) is 5.92. The van der Waals surface area contributed by atoms with Crippen molar-refractivity contribution in [1.29, 1.82) is 5.26 Å². The number of nitrogens with zero attached hydrogens (tertiary/aromatic N) is 2. The van der Waals surface area contributed by atoms with Gasteiger partial charge in [0.05, 0.1) is 10.5 Å². The zero-order valence-corrected chi connectivity index (χ0v) is 11.3. The van der Waals surface area contributed by atoms with Gasteiger partial charge >= 0.3 is 0 Å². The van der Waals surface area contributed by atoms with Crippen molar-refractivity contribution in [2.24, 2.45) is 11.8 Å². The second-order valence-electron chi connectivity index (χ2n) is 4.87. The van der Waals surface area contributed by atoms with Crippen LogP contribution in [0.2, 0.25) is 0 Å². The number of rotatable bonds is 4. The average Bonchev–Trinajstić information content (AvgIpc) is 3.04. The highest BCUT2D eigenvalue weighted by Gasteiger charge is 2.36. The van der Waals surface area contributed by atoms with Crippen molar-refractivity contribution >= 4 is 10.0 Å². The standard InChI is InChI=1S/C13H16N2O2S/c1-10-7-12(10)9-15(2)18(16,17)13-6-4-3-5-11(13)8-14/h3-6,10,12H,7,9H2,1-2H3. The lowest BCUT2D eigenvalue weighted by Gasteiger charge is -2.17. The Bertz CT molecular complexity index is 589.